The number of hydrogen-bond acceptors (Lipinski definition) is 3. The third kappa shape index (κ3) is 4.45. The Morgan fingerprint density at radius 1 is 1.08 bits per heavy atom. The molecule has 0 aliphatic carbocycles. The average molecular weight is 330 g/mol. The predicted molar refractivity (Wildman–Crippen MR) is 89.9 cm³/mol. The van der Waals surface area contributed by atoms with Crippen molar-refractivity contribution < 1.29 is 13.6 Å². The summed E-state index contributed by atoms with van der Waals surface area (Å²) in [6, 6.07) is 10.6. The van der Waals surface area contributed by atoms with Gasteiger partial charge in [-0.3, -0.25) is 9.69 Å². The molecule has 3 rings (SSSR count). The molecule has 0 bridgehead atoms. The standard InChI is InChI=1S/C19H23FN2O2/c20-18-7-2-1-5-16(18)15-21-10-4-11-22(13-12-21)19(23)9-8-17-6-3-14-24-17/h1-3,5-7,14H,4,8-13,15H2. The molecule has 0 radical (unpaired) electrons. The van der Waals surface area contributed by atoms with Gasteiger partial charge in [-0.25, -0.2) is 4.39 Å². The van der Waals surface area contributed by atoms with Gasteiger partial charge in [-0.1, -0.05) is 18.2 Å². The van der Waals surface area contributed by atoms with Crippen LogP contribution in [-0.2, 0) is 17.8 Å². The summed E-state index contributed by atoms with van der Waals surface area (Å²) >= 11 is 0. The van der Waals surface area contributed by atoms with Crippen LogP contribution in [0.5, 0.6) is 0 Å². The van der Waals surface area contributed by atoms with E-state index in [1.165, 1.54) is 6.07 Å². The minimum atomic E-state index is -0.159. The number of aryl methyl sites for hydroxylation is 1. The molecular formula is C19H23FN2O2. The summed E-state index contributed by atoms with van der Waals surface area (Å²) in [6.45, 7) is 3.73. The van der Waals surface area contributed by atoms with Crippen LogP contribution in [-0.4, -0.2) is 41.9 Å². The fourth-order valence-electron chi connectivity index (χ4n) is 3.09. The molecule has 1 aliphatic rings. The summed E-state index contributed by atoms with van der Waals surface area (Å²) in [4.78, 5) is 16.5. The first-order valence-corrected chi connectivity index (χ1v) is 8.48. The van der Waals surface area contributed by atoms with Crippen molar-refractivity contribution in [3.63, 3.8) is 0 Å². The van der Waals surface area contributed by atoms with Crippen molar-refractivity contribution >= 4 is 5.91 Å². The lowest BCUT2D eigenvalue weighted by Crippen LogP contribution is -2.35. The Bertz CT molecular complexity index is 657. The molecule has 1 amide bonds. The Morgan fingerprint density at radius 2 is 1.96 bits per heavy atom. The Balaban J connectivity index is 1.49. The van der Waals surface area contributed by atoms with Gasteiger partial charge in [0.2, 0.25) is 5.91 Å². The maximum Gasteiger partial charge on any atom is 0.223 e. The number of hydrogen-bond donors (Lipinski definition) is 0. The van der Waals surface area contributed by atoms with Gasteiger partial charge < -0.3 is 9.32 Å². The van der Waals surface area contributed by atoms with Crippen LogP contribution in [0.2, 0.25) is 0 Å². The van der Waals surface area contributed by atoms with Gasteiger partial charge in [-0.05, 0) is 24.6 Å². The molecule has 0 saturated carbocycles. The first-order valence-electron chi connectivity index (χ1n) is 8.48. The third-order valence-corrected chi connectivity index (χ3v) is 4.46. The fraction of sp³-hybridized carbons (Fsp3) is 0.421. The average Bonchev–Trinajstić information content (AvgIpc) is 3.00. The maximum absolute atomic E-state index is 13.8. The maximum atomic E-state index is 13.8. The van der Waals surface area contributed by atoms with Gasteiger partial charge in [0.25, 0.3) is 0 Å². The summed E-state index contributed by atoms with van der Waals surface area (Å²) in [7, 11) is 0. The summed E-state index contributed by atoms with van der Waals surface area (Å²) in [5.74, 6) is 0.853. The number of rotatable bonds is 5. The van der Waals surface area contributed by atoms with Gasteiger partial charge in [0.15, 0.2) is 0 Å². The van der Waals surface area contributed by atoms with E-state index < -0.39 is 0 Å². The van der Waals surface area contributed by atoms with E-state index in [4.69, 9.17) is 4.42 Å². The number of nitrogens with zero attached hydrogens (tertiary/aromatic N) is 2. The van der Waals surface area contributed by atoms with Crippen molar-refractivity contribution in [2.45, 2.75) is 25.8 Å². The number of benzene rings is 1. The van der Waals surface area contributed by atoms with Crippen LogP contribution in [0.3, 0.4) is 0 Å². The summed E-state index contributed by atoms with van der Waals surface area (Å²) in [5.41, 5.74) is 0.718. The first kappa shape index (κ1) is 16.7. The van der Waals surface area contributed by atoms with Crippen LogP contribution < -0.4 is 0 Å². The molecular weight excluding hydrogens is 307 g/mol. The molecule has 1 fully saturated rings. The normalized spacial score (nSPS) is 16.1. The SMILES string of the molecule is O=C(CCc1ccco1)N1CCCN(Cc2ccccc2F)CC1. The van der Waals surface area contributed by atoms with Crippen LogP contribution in [0.25, 0.3) is 0 Å². The highest BCUT2D eigenvalue weighted by Crippen LogP contribution is 2.13. The predicted octanol–water partition coefficient (Wildman–Crippen LogP) is 3.09. The van der Waals surface area contributed by atoms with Gasteiger partial charge in [-0.15, -0.1) is 0 Å². The second-order valence-electron chi connectivity index (χ2n) is 6.18. The monoisotopic (exact) mass is 330 g/mol. The van der Waals surface area contributed by atoms with E-state index in [0.29, 0.717) is 25.9 Å². The van der Waals surface area contributed by atoms with Gasteiger partial charge in [0.1, 0.15) is 11.6 Å². The van der Waals surface area contributed by atoms with Gasteiger partial charge in [0, 0.05) is 51.1 Å². The molecule has 4 nitrogen and oxygen atoms in total. The number of furan rings is 1. The topological polar surface area (TPSA) is 36.7 Å². The number of carbonyl (C=O) groups is 1. The largest absolute Gasteiger partial charge is 0.469 e. The van der Waals surface area contributed by atoms with Crippen molar-refractivity contribution in [1.82, 2.24) is 9.80 Å². The van der Waals surface area contributed by atoms with E-state index in [0.717, 1.165) is 37.4 Å². The highest BCUT2D eigenvalue weighted by Gasteiger charge is 2.19. The van der Waals surface area contributed by atoms with Crippen LogP contribution in [0.1, 0.15) is 24.2 Å². The molecule has 0 spiro atoms. The molecule has 1 aromatic heterocycles. The van der Waals surface area contributed by atoms with E-state index in [1.807, 2.05) is 29.2 Å². The Kier molecular flexibility index (Phi) is 5.64. The summed E-state index contributed by atoms with van der Waals surface area (Å²) in [6.07, 6.45) is 3.66. The van der Waals surface area contributed by atoms with E-state index in [2.05, 4.69) is 4.90 Å². The Hall–Kier alpha value is -2.14. The van der Waals surface area contributed by atoms with Crippen LogP contribution >= 0.6 is 0 Å². The second kappa shape index (κ2) is 8.11. The van der Waals surface area contributed by atoms with Crippen molar-refractivity contribution in [2.24, 2.45) is 0 Å². The lowest BCUT2D eigenvalue weighted by atomic mass is 10.2. The van der Waals surface area contributed by atoms with Gasteiger partial charge in [0.05, 0.1) is 6.26 Å². The Labute approximate surface area is 141 Å². The molecule has 2 heterocycles. The minimum absolute atomic E-state index is 0.159. The Morgan fingerprint density at radius 3 is 2.75 bits per heavy atom. The van der Waals surface area contributed by atoms with Crippen LogP contribution in [0.15, 0.2) is 47.1 Å². The van der Waals surface area contributed by atoms with Crippen LogP contribution in [0, 0.1) is 5.82 Å². The summed E-state index contributed by atoms with van der Waals surface area (Å²) < 4.78 is 19.1. The lowest BCUT2D eigenvalue weighted by Gasteiger charge is -2.22. The van der Waals surface area contributed by atoms with E-state index in [-0.39, 0.29) is 11.7 Å². The van der Waals surface area contributed by atoms with Crippen molar-refractivity contribution in [2.75, 3.05) is 26.2 Å². The molecule has 0 N–H and O–H groups in total. The van der Waals surface area contributed by atoms with E-state index >= 15 is 0 Å². The van der Waals surface area contributed by atoms with Crippen molar-refractivity contribution in [3.05, 3.63) is 59.8 Å². The molecule has 24 heavy (non-hydrogen) atoms. The van der Waals surface area contributed by atoms with Gasteiger partial charge in [-0.2, -0.15) is 0 Å². The van der Waals surface area contributed by atoms with Crippen molar-refractivity contribution in [1.29, 1.82) is 0 Å². The van der Waals surface area contributed by atoms with Crippen LogP contribution in [0.4, 0.5) is 4.39 Å². The molecule has 1 aliphatic heterocycles. The highest BCUT2D eigenvalue weighted by molar-refractivity contribution is 5.76. The van der Waals surface area contributed by atoms with E-state index in [1.54, 1.807) is 12.3 Å². The quantitative estimate of drug-likeness (QED) is 0.845. The zero-order valence-corrected chi connectivity index (χ0v) is 13.8. The zero-order valence-electron chi connectivity index (χ0n) is 13.8. The lowest BCUT2D eigenvalue weighted by molar-refractivity contribution is -0.131. The first-order chi connectivity index (χ1) is 11.7. The summed E-state index contributed by atoms with van der Waals surface area (Å²) in [5, 5.41) is 0. The third-order valence-electron chi connectivity index (χ3n) is 4.46. The van der Waals surface area contributed by atoms with E-state index in [9.17, 15) is 9.18 Å². The smallest absolute Gasteiger partial charge is 0.223 e. The molecule has 2 aromatic rings. The number of halogens is 1. The van der Waals surface area contributed by atoms with Crippen molar-refractivity contribution in [3.8, 4) is 0 Å². The minimum Gasteiger partial charge on any atom is -0.469 e. The second-order valence-corrected chi connectivity index (χ2v) is 6.18. The molecule has 1 saturated heterocycles. The number of carbonyl (C=O) groups excluding carboxylic acids is 1. The molecule has 1 aromatic carbocycles. The highest BCUT2D eigenvalue weighted by atomic mass is 19.1. The molecule has 0 unspecified atom stereocenters. The molecule has 128 valence electrons. The molecule has 5 heteroatoms. The zero-order chi connectivity index (χ0) is 16.8. The molecule has 0 atom stereocenters. The van der Waals surface area contributed by atoms with Gasteiger partial charge >= 0.3 is 0 Å². The fourth-order valence-corrected chi connectivity index (χ4v) is 3.09. The number of amides is 1.